The molecule has 20 heavy (non-hydrogen) atoms. The van der Waals surface area contributed by atoms with Gasteiger partial charge in [0.2, 0.25) is 5.88 Å². The zero-order valence-corrected chi connectivity index (χ0v) is 11.7. The molecule has 0 aliphatic heterocycles. The van der Waals surface area contributed by atoms with Gasteiger partial charge in [0, 0.05) is 11.8 Å². The highest BCUT2D eigenvalue weighted by atomic mass is 16.5. The van der Waals surface area contributed by atoms with Crippen LogP contribution in [0.5, 0.6) is 17.4 Å². The van der Waals surface area contributed by atoms with Crippen LogP contribution in [0.4, 0.5) is 0 Å². The Morgan fingerprint density at radius 2 is 2.00 bits per heavy atom. The lowest BCUT2D eigenvalue weighted by atomic mass is 10.2. The van der Waals surface area contributed by atoms with Crippen molar-refractivity contribution in [2.24, 2.45) is 0 Å². The van der Waals surface area contributed by atoms with Crippen LogP contribution in [0.15, 0.2) is 30.6 Å². The van der Waals surface area contributed by atoms with Gasteiger partial charge in [-0.25, -0.2) is 9.97 Å². The van der Waals surface area contributed by atoms with E-state index in [2.05, 4.69) is 16.9 Å². The molecule has 0 saturated heterocycles. The second-order valence-corrected chi connectivity index (χ2v) is 4.34. The van der Waals surface area contributed by atoms with Crippen LogP contribution in [0.2, 0.25) is 0 Å². The molecule has 1 aromatic carbocycles. The highest BCUT2D eigenvalue weighted by Gasteiger charge is 2.08. The van der Waals surface area contributed by atoms with E-state index in [-0.39, 0.29) is 6.61 Å². The van der Waals surface area contributed by atoms with Gasteiger partial charge >= 0.3 is 0 Å². The van der Waals surface area contributed by atoms with E-state index in [4.69, 9.17) is 14.6 Å². The van der Waals surface area contributed by atoms with Gasteiger partial charge in [-0.2, -0.15) is 0 Å². The van der Waals surface area contributed by atoms with Crippen molar-refractivity contribution in [3.63, 3.8) is 0 Å². The summed E-state index contributed by atoms with van der Waals surface area (Å²) in [5.41, 5.74) is 1.71. The first kappa shape index (κ1) is 14.3. The van der Waals surface area contributed by atoms with E-state index >= 15 is 0 Å². The number of aliphatic hydroxyl groups is 1. The molecule has 0 bridgehead atoms. The van der Waals surface area contributed by atoms with Crippen molar-refractivity contribution in [2.45, 2.75) is 26.4 Å². The van der Waals surface area contributed by atoms with Crippen LogP contribution in [-0.4, -0.2) is 22.2 Å². The summed E-state index contributed by atoms with van der Waals surface area (Å²) >= 11 is 0. The highest BCUT2D eigenvalue weighted by Crippen LogP contribution is 2.31. The molecule has 2 rings (SSSR count). The summed E-state index contributed by atoms with van der Waals surface area (Å²) < 4.78 is 11.0. The van der Waals surface area contributed by atoms with E-state index in [9.17, 15) is 0 Å². The Kier molecular flexibility index (Phi) is 4.90. The summed E-state index contributed by atoms with van der Waals surface area (Å²) in [6.45, 7) is 2.06. The summed E-state index contributed by atoms with van der Waals surface area (Å²) in [4.78, 5) is 8.28. The summed E-state index contributed by atoms with van der Waals surface area (Å²) in [7, 11) is 1.56. The normalized spacial score (nSPS) is 10.3. The fourth-order valence-corrected chi connectivity index (χ4v) is 1.83. The molecule has 0 amide bonds. The molecular formula is C15H18N2O3. The molecule has 1 heterocycles. The van der Waals surface area contributed by atoms with Gasteiger partial charge in [-0.3, -0.25) is 0 Å². The monoisotopic (exact) mass is 274 g/mol. The fraction of sp³-hybridized carbons (Fsp3) is 0.333. The van der Waals surface area contributed by atoms with Crippen molar-refractivity contribution >= 4 is 0 Å². The predicted molar refractivity (Wildman–Crippen MR) is 75.0 cm³/mol. The number of aliphatic hydroxyl groups excluding tert-OH is 1. The van der Waals surface area contributed by atoms with Crippen LogP contribution >= 0.6 is 0 Å². The zero-order chi connectivity index (χ0) is 14.4. The Bertz CT molecular complexity index is 573. The first-order valence-electron chi connectivity index (χ1n) is 6.53. The van der Waals surface area contributed by atoms with E-state index in [1.54, 1.807) is 25.3 Å². The molecular weight excluding hydrogens is 256 g/mol. The third-order valence-electron chi connectivity index (χ3n) is 2.83. The van der Waals surface area contributed by atoms with Gasteiger partial charge in [0.15, 0.2) is 11.5 Å². The van der Waals surface area contributed by atoms with Gasteiger partial charge in [-0.1, -0.05) is 19.4 Å². The number of aryl methyl sites for hydroxylation is 1. The van der Waals surface area contributed by atoms with Crippen LogP contribution in [0, 0.1) is 0 Å². The predicted octanol–water partition coefficient (Wildman–Crippen LogP) is 2.72. The fourth-order valence-electron chi connectivity index (χ4n) is 1.83. The van der Waals surface area contributed by atoms with Crippen molar-refractivity contribution in [3.05, 3.63) is 41.9 Å². The maximum absolute atomic E-state index is 9.12. The van der Waals surface area contributed by atoms with Crippen LogP contribution < -0.4 is 9.47 Å². The minimum absolute atomic E-state index is 0.0369. The number of rotatable bonds is 6. The maximum Gasteiger partial charge on any atom is 0.222 e. The summed E-state index contributed by atoms with van der Waals surface area (Å²) in [5, 5.41) is 9.12. The lowest BCUT2D eigenvalue weighted by Gasteiger charge is -2.11. The summed E-state index contributed by atoms with van der Waals surface area (Å²) in [5.74, 6) is 1.61. The lowest BCUT2D eigenvalue weighted by molar-refractivity contribution is 0.280. The molecule has 0 saturated carbocycles. The van der Waals surface area contributed by atoms with Crippen LogP contribution in [0.3, 0.4) is 0 Å². The molecule has 0 spiro atoms. The number of methoxy groups -OCH3 is 1. The second kappa shape index (κ2) is 6.86. The third kappa shape index (κ3) is 3.45. The average molecular weight is 274 g/mol. The molecule has 0 fully saturated rings. The van der Waals surface area contributed by atoms with Crippen molar-refractivity contribution in [1.29, 1.82) is 0 Å². The Labute approximate surface area is 118 Å². The largest absolute Gasteiger partial charge is 0.493 e. The Morgan fingerprint density at radius 3 is 2.70 bits per heavy atom. The Balaban J connectivity index is 2.22. The van der Waals surface area contributed by atoms with Gasteiger partial charge in [0.25, 0.3) is 0 Å². The first-order valence-corrected chi connectivity index (χ1v) is 6.53. The molecule has 0 atom stereocenters. The number of hydrogen-bond donors (Lipinski definition) is 1. The van der Waals surface area contributed by atoms with Gasteiger partial charge in [0.05, 0.1) is 13.7 Å². The molecule has 1 N–H and O–H groups in total. The first-order chi connectivity index (χ1) is 9.76. The van der Waals surface area contributed by atoms with Crippen molar-refractivity contribution in [3.8, 4) is 17.4 Å². The minimum Gasteiger partial charge on any atom is -0.493 e. The highest BCUT2D eigenvalue weighted by molar-refractivity contribution is 5.44. The number of hydrogen-bond acceptors (Lipinski definition) is 5. The van der Waals surface area contributed by atoms with Crippen molar-refractivity contribution in [1.82, 2.24) is 9.97 Å². The van der Waals surface area contributed by atoms with E-state index in [0.717, 1.165) is 24.1 Å². The summed E-state index contributed by atoms with van der Waals surface area (Å²) in [6, 6.07) is 7.10. The maximum atomic E-state index is 9.12. The third-order valence-corrected chi connectivity index (χ3v) is 2.83. The smallest absolute Gasteiger partial charge is 0.222 e. The molecule has 0 aliphatic rings. The lowest BCUT2D eigenvalue weighted by Crippen LogP contribution is -1.96. The summed E-state index contributed by atoms with van der Waals surface area (Å²) in [6.07, 6.45) is 3.40. The molecule has 2 aromatic rings. The number of aromatic nitrogens is 2. The number of nitrogens with zero attached hydrogens (tertiary/aromatic N) is 2. The molecule has 5 nitrogen and oxygen atoms in total. The van der Waals surface area contributed by atoms with E-state index in [1.165, 1.54) is 6.33 Å². The van der Waals surface area contributed by atoms with E-state index in [1.807, 2.05) is 6.07 Å². The van der Waals surface area contributed by atoms with Gasteiger partial charge in [0.1, 0.15) is 6.33 Å². The molecule has 0 unspecified atom stereocenters. The van der Waals surface area contributed by atoms with Gasteiger partial charge < -0.3 is 14.6 Å². The zero-order valence-electron chi connectivity index (χ0n) is 11.7. The average Bonchev–Trinajstić information content (AvgIpc) is 2.48. The molecule has 106 valence electrons. The van der Waals surface area contributed by atoms with Crippen LogP contribution in [0.1, 0.15) is 24.6 Å². The standard InChI is InChI=1S/C15H18N2O3/c1-3-4-12-8-15(17-10-16-12)20-13-6-5-11(9-18)7-14(13)19-2/h5-8,10,18H,3-4,9H2,1-2H3. The SMILES string of the molecule is CCCc1cc(Oc2ccc(CO)cc2OC)ncn1. The Morgan fingerprint density at radius 1 is 1.15 bits per heavy atom. The quantitative estimate of drug-likeness (QED) is 0.877. The van der Waals surface area contributed by atoms with Crippen molar-refractivity contribution in [2.75, 3.05) is 7.11 Å². The second-order valence-electron chi connectivity index (χ2n) is 4.34. The topological polar surface area (TPSA) is 64.5 Å². The molecule has 0 radical (unpaired) electrons. The molecule has 0 aliphatic carbocycles. The van der Waals surface area contributed by atoms with E-state index < -0.39 is 0 Å². The minimum atomic E-state index is -0.0369. The van der Waals surface area contributed by atoms with Gasteiger partial charge in [-0.15, -0.1) is 0 Å². The van der Waals surface area contributed by atoms with Crippen LogP contribution in [-0.2, 0) is 13.0 Å². The van der Waals surface area contributed by atoms with E-state index in [0.29, 0.717) is 17.4 Å². The molecule has 5 heteroatoms. The number of ether oxygens (including phenoxy) is 2. The molecule has 1 aromatic heterocycles. The van der Waals surface area contributed by atoms with Crippen molar-refractivity contribution < 1.29 is 14.6 Å². The number of benzene rings is 1. The van der Waals surface area contributed by atoms with Gasteiger partial charge in [-0.05, 0) is 24.1 Å². The van der Waals surface area contributed by atoms with Crippen LogP contribution in [0.25, 0.3) is 0 Å². The Hall–Kier alpha value is -2.14.